The van der Waals surface area contributed by atoms with Gasteiger partial charge in [-0.3, -0.25) is 9.59 Å². The Hall–Kier alpha value is -6.13. The SMILES string of the molecule is CC/C=C\C/C=C\C/C=C\C/C=C\C/C=C\C/C=C\C/C=C\C/C=C\C/C=C\C/C=C\C/C=C\CCCCCCCCCC(=O)OC(COC(=O)CCCCCC/C=C\C/C=C\C/C=C\C/C=C\C/C=C\C/C=C\CC)COC(OCC[N+](C)(C)C)C(=O)[O-]. The molecule has 0 bridgehead atoms. The lowest BCUT2D eigenvalue weighted by molar-refractivity contribution is -0.870. The molecule has 0 aliphatic rings. The van der Waals surface area contributed by atoms with E-state index >= 15 is 0 Å². The number of carbonyl (C=O) groups excluding carboxylic acids is 3. The van der Waals surface area contributed by atoms with Gasteiger partial charge in [0.1, 0.15) is 13.2 Å². The van der Waals surface area contributed by atoms with Gasteiger partial charge in [-0.25, -0.2) is 0 Å². The molecule has 9 nitrogen and oxygen atoms in total. The Morgan fingerprint density at radius 1 is 0.337 bits per heavy atom. The second-order valence-electron chi connectivity index (χ2n) is 23.0. The highest BCUT2D eigenvalue weighted by Gasteiger charge is 2.22. The van der Waals surface area contributed by atoms with Crippen LogP contribution in [-0.4, -0.2) is 82.3 Å². The predicted octanol–water partition coefficient (Wildman–Crippen LogP) is 20.2. The molecular weight excluding hydrogens is 1100 g/mol. The van der Waals surface area contributed by atoms with E-state index in [0.717, 1.165) is 167 Å². The number of likely N-dealkylation sites (N-methyl/N-ethyl adjacent to an activating group) is 1. The van der Waals surface area contributed by atoms with Crippen molar-refractivity contribution in [2.45, 2.75) is 232 Å². The first-order chi connectivity index (χ1) is 43.6. The Kier molecular flexibility index (Phi) is 63.1. The first kappa shape index (κ1) is 82.9. The molecule has 2 atom stereocenters. The van der Waals surface area contributed by atoms with E-state index in [1.807, 2.05) is 21.1 Å². The third-order valence-corrected chi connectivity index (χ3v) is 13.5. The molecule has 0 saturated carbocycles. The molecule has 496 valence electrons. The number of allylic oxidation sites excluding steroid dienone is 34. The van der Waals surface area contributed by atoms with Gasteiger partial charge in [-0.05, 0) is 148 Å². The summed E-state index contributed by atoms with van der Waals surface area (Å²) in [5, 5.41) is 11.8. The van der Waals surface area contributed by atoms with Crippen LogP contribution < -0.4 is 5.11 Å². The van der Waals surface area contributed by atoms with Crippen molar-refractivity contribution in [1.82, 2.24) is 0 Å². The molecule has 0 rings (SSSR count). The van der Waals surface area contributed by atoms with Crippen molar-refractivity contribution in [3.05, 3.63) is 207 Å². The van der Waals surface area contributed by atoms with Crippen LogP contribution in [-0.2, 0) is 33.3 Å². The number of quaternary nitrogens is 1. The predicted molar refractivity (Wildman–Crippen MR) is 379 cm³/mol. The van der Waals surface area contributed by atoms with Crippen molar-refractivity contribution >= 4 is 17.9 Å². The molecule has 0 aromatic heterocycles. The maximum Gasteiger partial charge on any atom is 0.306 e. The van der Waals surface area contributed by atoms with Crippen LogP contribution in [0, 0.1) is 0 Å². The molecule has 89 heavy (non-hydrogen) atoms. The second-order valence-corrected chi connectivity index (χ2v) is 23.0. The molecule has 0 N–H and O–H groups in total. The first-order valence-electron chi connectivity index (χ1n) is 34.2. The van der Waals surface area contributed by atoms with Crippen LogP contribution in [0.2, 0.25) is 0 Å². The van der Waals surface area contributed by atoms with E-state index in [1.54, 1.807) is 0 Å². The molecule has 2 unspecified atom stereocenters. The van der Waals surface area contributed by atoms with Crippen LogP contribution in [0.1, 0.15) is 219 Å². The van der Waals surface area contributed by atoms with Crippen molar-refractivity contribution < 1.29 is 42.9 Å². The number of unbranched alkanes of at least 4 members (excludes halogenated alkanes) is 11. The smallest absolute Gasteiger partial charge is 0.306 e. The Morgan fingerprint density at radius 2 is 0.607 bits per heavy atom. The van der Waals surface area contributed by atoms with Crippen molar-refractivity contribution in [2.75, 3.05) is 47.5 Å². The Labute approximate surface area is 544 Å². The summed E-state index contributed by atoms with van der Waals surface area (Å²) in [5.74, 6) is -2.36. The summed E-state index contributed by atoms with van der Waals surface area (Å²) < 4.78 is 22.7. The summed E-state index contributed by atoms with van der Waals surface area (Å²) in [6, 6.07) is 0. The lowest BCUT2D eigenvalue weighted by Crippen LogP contribution is -2.44. The minimum atomic E-state index is -1.65. The molecule has 0 heterocycles. The highest BCUT2D eigenvalue weighted by Crippen LogP contribution is 2.13. The Bertz CT molecular complexity index is 2210. The molecule has 0 amide bonds. The number of carboxylic acid groups (broad SMARTS) is 1. The van der Waals surface area contributed by atoms with Gasteiger partial charge in [0, 0.05) is 12.8 Å². The fourth-order valence-corrected chi connectivity index (χ4v) is 8.37. The number of rotatable bonds is 60. The Morgan fingerprint density at radius 3 is 0.899 bits per heavy atom. The number of hydrogen-bond donors (Lipinski definition) is 0. The monoisotopic (exact) mass is 1230 g/mol. The largest absolute Gasteiger partial charge is 0.545 e. The van der Waals surface area contributed by atoms with E-state index in [0.29, 0.717) is 23.9 Å². The summed E-state index contributed by atoms with van der Waals surface area (Å²) >= 11 is 0. The van der Waals surface area contributed by atoms with E-state index < -0.39 is 30.3 Å². The van der Waals surface area contributed by atoms with Crippen LogP contribution in [0.5, 0.6) is 0 Å². The van der Waals surface area contributed by atoms with E-state index in [-0.39, 0.29) is 32.7 Å². The van der Waals surface area contributed by atoms with Crippen LogP contribution in [0.15, 0.2) is 207 Å². The molecule has 0 aromatic carbocycles. The fraction of sp³-hybridized carbons (Fsp3) is 0.537. The highest BCUT2D eigenvalue weighted by atomic mass is 16.7. The molecule has 0 spiro atoms. The quantitative estimate of drug-likeness (QED) is 0.0195. The highest BCUT2D eigenvalue weighted by molar-refractivity contribution is 5.70. The number of carboxylic acids is 1. The summed E-state index contributed by atoms with van der Waals surface area (Å²) in [4.78, 5) is 37.4. The molecular formula is C80H123NO8. The average Bonchev–Trinajstić information content (AvgIpc) is 3.64. The van der Waals surface area contributed by atoms with Crippen LogP contribution in [0.25, 0.3) is 0 Å². The van der Waals surface area contributed by atoms with Crippen LogP contribution >= 0.6 is 0 Å². The molecule has 0 aromatic rings. The van der Waals surface area contributed by atoms with E-state index in [4.69, 9.17) is 18.9 Å². The normalized spacial score (nSPS) is 14.0. The number of esters is 2. The molecule has 0 aliphatic carbocycles. The van der Waals surface area contributed by atoms with Gasteiger partial charge in [-0.1, -0.05) is 265 Å². The molecule has 0 fully saturated rings. The third-order valence-electron chi connectivity index (χ3n) is 13.5. The van der Waals surface area contributed by atoms with E-state index in [1.165, 1.54) is 12.8 Å². The summed E-state index contributed by atoms with van der Waals surface area (Å²) in [6.45, 7) is 4.44. The van der Waals surface area contributed by atoms with Gasteiger partial charge in [0.05, 0.1) is 40.3 Å². The summed E-state index contributed by atoms with van der Waals surface area (Å²) in [6.07, 6.45) is 103. The maximum atomic E-state index is 12.9. The van der Waals surface area contributed by atoms with Gasteiger partial charge in [-0.2, -0.15) is 0 Å². The summed E-state index contributed by atoms with van der Waals surface area (Å²) in [5.41, 5.74) is 0. The van der Waals surface area contributed by atoms with Crippen molar-refractivity contribution in [3.8, 4) is 0 Å². The van der Waals surface area contributed by atoms with Gasteiger partial charge < -0.3 is 33.3 Å². The van der Waals surface area contributed by atoms with Crippen molar-refractivity contribution in [3.63, 3.8) is 0 Å². The minimum Gasteiger partial charge on any atom is -0.545 e. The number of carbonyl (C=O) groups is 3. The lowest BCUT2D eigenvalue weighted by atomic mass is 10.1. The number of ether oxygens (including phenoxy) is 4. The van der Waals surface area contributed by atoms with E-state index in [9.17, 15) is 19.5 Å². The van der Waals surface area contributed by atoms with Gasteiger partial charge in [0.15, 0.2) is 12.4 Å². The number of aliphatic carboxylic acids is 1. The van der Waals surface area contributed by atoms with Gasteiger partial charge in [0.25, 0.3) is 0 Å². The lowest BCUT2D eigenvalue weighted by Gasteiger charge is -2.26. The second kappa shape index (κ2) is 67.8. The molecule has 9 heteroatoms. The standard InChI is InChI=1S/C80H123NO8/c1-6-8-10-12-14-16-18-20-22-24-26-28-30-31-32-33-34-35-36-37-38-39-40-41-42-43-44-45-46-47-49-51-53-55-57-59-61-63-65-67-69-71-78(83)89-76(75-88-80(79(84)85)86-73-72-81(3,4)5)74-87-77(82)70-68-66-64-62-60-58-56-54-52-50-48-29-27-25-23-21-19-17-15-13-11-9-7-2/h8-11,14-17,20-23,26-29,31-32,34-35,37-38,40-41,43-44,46-47,50-53,56,58,76,80H,6-7,12-13,18-19,24-25,30,33,36,39,42,45,48-49,54-55,57,59-75H2,1-5H3/b10-8-,11-9-,16-14-,17-15-,22-20-,23-21-,28-26-,29-27-,32-31-,35-34-,38-37-,41-40-,44-43-,47-46-,52-50-,53-51-,58-56-. The van der Waals surface area contributed by atoms with E-state index in [2.05, 4.69) is 220 Å². The molecule has 0 radical (unpaired) electrons. The number of nitrogens with zero attached hydrogens (tertiary/aromatic N) is 1. The van der Waals surface area contributed by atoms with Crippen LogP contribution in [0.3, 0.4) is 0 Å². The van der Waals surface area contributed by atoms with Crippen molar-refractivity contribution in [2.24, 2.45) is 0 Å². The van der Waals surface area contributed by atoms with Gasteiger partial charge >= 0.3 is 11.9 Å². The summed E-state index contributed by atoms with van der Waals surface area (Å²) in [7, 11) is 5.90. The zero-order valence-electron chi connectivity index (χ0n) is 56.5. The fourth-order valence-electron chi connectivity index (χ4n) is 8.37. The molecule has 0 saturated heterocycles. The zero-order chi connectivity index (χ0) is 64.7. The minimum absolute atomic E-state index is 0.129. The van der Waals surface area contributed by atoms with Crippen molar-refractivity contribution in [1.29, 1.82) is 0 Å². The van der Waals surface area contributed by atoms with Gasteiger partial charge in [-0.15, -0.1) is 0 Å². The Balaban J connectivity index is 4.27. The maximum absolute atomic E-state index is 12.9. The van der Waals surface area contributed by atoms with Gasteiger partial charge in [0.2, 0.25) is 0 Å². The topological polar surface area (TPSA) is 111 Å². The first-order valence-corrected chi connectivity index (χ1v) is 34.2. The third kappa shape index (κ3) is 69.2. The van der Waals surface area contributed by atoms with Crippen LogP contribution in [0.4, 0.5) is 0 Å². The number of hydrogen-bond acceptors (Lipinski definition) is 8. The molecule has 0 aliphatic heterocycles. The zero-order valence-corrected chi connectivity index (χ0v) is 56.5. The average molecular weight is 1230 g/mol.